The molecule has 0 spiro atoms. The van der Waals surface area contributed by atoms with Gasteiger partial charge in [-0.2, -0.15) is 5.06 Å². The first-order valence-corrected chi connectivity index (χ1v) is 9.53. The maximum absolute atomic E-state index is 11.8. The molecule has 0 aliphatic carbocycles. The number of methoxy groups -OCH3 is 1. The molecular weight excluding hydrogens is 358 g/mol. The van der Waals surface area contributed by atoms with E-state index >= 15 is 0 Å². The van der Waals surface area contributed by atoms with Crippen molar-refractivity contribution < 1.29 is 24.2 Å². The van der Waals surface area contributed by atoms with Crippen molar-refractivity contribution in [1.82, 2.24) is 5.06 Å². The summed E-state index contributed by atoms with van der Waals surface area (Å²) in [6, 6.07) is 11.9. The summed E-state index contributed by atoms with van der Waals surface area (Å²) >= 11 is 0. The van der Waals surface area contributed by atoms with E-state index in [1.165, 1.54) is 0 Å². The third kappa shape index (κ3) is 4.31. The minimum atomic E-state index is -1.36. The van der Waals surface area contributed by atoms with Gasteiger partial charge in [-0.25, -0.2) is 0 Å². The summed E-state index contributed by atoms with van der Waals surface area (Å²) in [5.74, 6) is 0.612. The van der Waals surface area contributed by atoms with Crippen molar-refractivity contribution in [2.24, 2.45) is 0 Å². The van der Waals surface area contributed by atoms with Crippen LogP contribution in [-0.2, 0) is 19.9 Å². The van der Waals surface area contributed by atoms with E-state index < -0.39 is 23.4 Å². The van der Waals surface area contributed by atoms with Crippen LogP contribution >= 0.6 is 0 Å². The number of benzene rings is 2. The Labute approximate surface area is 166 Å². The molecule has 1 aliphatic rings. The van der Waals surface area contributed by atoms with Crippen LogP contribution in [0.25, 0.3) is 10.8 Å². The average Bonchev–Trinajstić information content (AvgIpc) is 2.94. The van der Waals surface area contributed by atoms with Crippen LogP contribution in [0.4, 0.5) is 0 Å². The third-order valence-electron chi connectivity index (χ3n) is 4.84. The van der Waals surface area contributed by atoms with E-state index in [0.29, 0.717) is 11.3 Å². The fourth-order valence-electron chi connectivity index (χ4n) is 3.58. The molecule has 0 aromatic heterocycles. The Morgan fingerprint density at radius 1 is 1.18 bits per heavy atom. The quantitative estimate of drug-likeness (QED) is 0.766. The van der Waals surface area contributed by atoms with E-state index in [0.717, 1.165) is 10.8 Å². The first-order chi connectivity index (χ1) is 13.1. The molecule has 1 fully saturated rings. The number of fused-ring (bicyclic) bond motifs is 1. The Kier molecular flexibility index (Phi) is 5.98. The van der Waals surface area contributed by atoms with Crippen LogP contribution in [0.5, 0.6) is 5.75 Å². The summed E-state index contributed by atoms with van der Waals surface area (Å²) in [5.41, 5.74) is -1.16. The molecule has 1 heterocycles. The number of hydroxylamine groups is 2. The van der Waals surface area contributed by atoms with E-state index in [-0.39, 0.29) is 13.2 Å². The molecule has 1 saturated heterocycles. The van der Waals surface area contributed by atoms with Crippen LogP contribution in [0.2, 0.25) is 0 Å². The molecule has 3 atom stereocenters. The summed E-state index contributed by atoms with van der Waals surface area (Å²) < 4.78 is 17.9. The number of hydrogen-bond donors (Lipinski definition) is 1. The van der Waals surface area contributed by atoms with Gasteiger partial charge in [0.05, 0.1) is 25.9 Å². The second kappa shape index (κ2) is 7.97. The number of ether oxygens (including phenoxy) is 3. The van der Waals surface area contributed by atoms with Crippen molar-refractivity contribution in [2.75, 3.05) is 34.4 Å². The van der Waals surface area contributed by atoms with Crippen molar-refractivity contribution in [2.45, 2.75) is 44.2 Å². The smallest absolute Gasteiger partial charge is 0.145 e. The molecule has 0 radical (unpaired) electrons. The summed E-state index contributed by atoms with van der Waals surface area (Å²) in [6.45, 7) is 6.28. The van der Waals surface area contributed by atoms with Gasteiger partial charge in [0.1, 0.15) is 23.6 Å². The summed E-state index contributed by atoms with van der Waals surface area (Å²) in [4.78, 5) is 5.61. The van der Waals surface area contributed by atoms with Gasteiger partial charge < -0.3 is 19.3 Å². The first kappa shape index (κ1) is 21.0. The van der Waals surface area contributed by atoms with Crippen LogP contribution in [0.3, 0.4) is 0 Å². The zero-order chi connectivity index (χ0) is 20.5. The van der Waals surface area contributed by atoms with Gasteiger partial charge in [0.25, 0.3) is 0 Å². The lowest BCUT2D eigenvalue weighted by atomic mass is 9.86. The second-order valence-electron chi connectivity index (χ2n) is 8.43. The number of nitrogens with zero attached hydrogens (tertiary/aromatic N) is 1. The minimum absolute atomic E-state index is 0.101. The Morgan fingerprint density at radius 2 is 1.82 bits per heavy atom. The van der Waals surface area contributed by atoms with Crippen LogP contribution < -0.4 is 4.74 Å². The highest BCUT2D eigenvalue weighted by atomic mass is 16.7. The van der Waals surface area contributed by atoms with Gasteiger partial charge in [-0.05, 0) is 43.7 Å². The normalized spacial score (nSPS) is 25.6. The highest BCUT2D eigenvalue weighted by Crippen LogP contribution is 2.43. The Balaban J connectivity index is 2.05. The Morgan fingerprint density at radius 3 is 2.39 bits per heavy atom. The molecule has 154 valence electrons. The highest BCUT2D eigenvalue weighted by molar-refractivity contribution is 5.85. The van der Waals surface area contributed by atoms with E-state index in [9.17, 15) is 5.11 Å². The van der Waals surface area contributed by atoms with Crippen molar-refractivity contribution in [3.8, 4) is 5.75 Å². The van der Waals surface area contributed by atoms with Gasteiger partial charge in [0, 0.05) is 19.7 Å². The first-order valence-electron chi connectivity index (χ1n) is 9.53. The van der Waals surface area contributed by atoms with Crippen LogP contribution in [0, 0.1) is 0 Å². The van der Waals surface area contributed by atoms with Crippen molar-refractivity contribution in [3.63, 3.8) is 0 Å². The molecule has 6 heteroatoms. The maximum atomic E-state index is 11.8. The van der Waals surface area contributed by atoms with E-state index in [1.807, 2.05) is 71.3 Å². The molecule has 0 amide bonds. The van der Waals surface area contributed by atoms with Crippen LogP contribution in [0.15, 0.2) is 36.4 Å². The lowest BCUT2D eigenvalue weighted by molar-refractivity contribution is -0.187. The second-order valence-corrected chi connectivity index (χ2v) is 8.43. The van der Waals surface area contributed by atoms with Gasteiger partial charge in [-0.3, -0.25) is 4.84 Å². The third-order valence-corrected chi connectivity index (χ3v) is 4.84. The molecule has 3 rings (SSSR count). The van der Waals surface area contributed by atoms with Crippen molar-refractivity contribution >= 4 is 10.8 Å². The molecule has 1 N–H and O–H groups in total. The lowest BCUT2D eigenvalue weighted by Gasteiger charge is -2.36. The number of hydrogen-bond acceptors (Lipinski definition) is 6. The van der Waals surface area contributed by atoms with Gasteiger partial charge in [-0.15, -0.1) is 0 Å². The lowest BCUT2D eigenvalue weighted by Crippen LogP contribution is -2.48. The monoisotopic (exact) mass is 389 g/mol. The van der Waals surface area contributed by atoms with E-state index in [1.54, 1.807) is 12.2 Å². The number of aliphatic hydroxyl groups is 1. The van der Waals surface area contributed by atoms with Gasteiger partial charge in [0.15, 0.2) is 0 Å². The number of rotatable bonds is 6. The summed E-state index contributed by atoms with van der Waals surface area (Å²) in [5, 5.41) is 15.5. The molecular formula is C22H31NO5. The summed E-state index contributed by atoms with van der Waals surface area (Å²) in [7, 11) is 5.24. The van der Waals surface area contributed by atoms with Crippen LogP contribution in [0.1, 0.15) is 26.3 Å². The fourth-order valence-corrected chi connectivity index (χ4v) is 3.58. The largest absolute Gasteiger partial charge is 0.496 e. The van der Waals surface area contributed by atoms with Gasteiger partial charge in [0.2, 0.25) is 0 Å². The molecule has 1 aliphatic heterocycles. The maximum Gasteiger partial charge on any atom is 0.145 e. The Bertz CT molecular complexity index is 816. The summed E-state index contributed by atoms with van der Waals surface area (Å²) in [6.07, 6.45) is -1.02. The van der Waals surface area contributed by atoms with Crippen molar-refractivity contribution in [1.29, 1.82) is 0 Å². The molecule has 2 aromatic carbocycles. The topological polar surface area (TPSA) is 60.4 Å². The fraction of sp³-hybridized carbons (Fsp3) is 0.545. The van der Waals surface area contributed by atoms with E-state index in [4.69, 9.17) is 19.0 Å². The minimum Gasteiger partial charge on any atom is -0.496 e. The molecule has 6 nitrogen and oxygen atoms in total. The predicted octanol–water partition coefficient (Wildman–Crippen LogP) is 3.11. The molecule has 2 aromatic rings. The van der Waals surface area contributed by atoms with Gasteiger partial charge in [-0.1, -0.05) is 24.3 Å². The molecule has 28 heavy (non-hydrogen) atoms. The predicted molar refractivity (Wildman–Crippen MR) is 108 cm³/mol. The van der Waals surface area contributed by atoms with Crippen LogP contribution in [-0.4, -0.2) is 62.4 Å². The average molecular weight is 389 g/mol. The Hall–Kier alpha value is -1.70. The van der Waals surface area contributed by atoms with Crippen molar-refractivity contribution in [3.05, 3.63) is 42.0 Å². The highest BCUT2D eigenvalue weighted by Gasteiger charge is 2.53. The zero-order valence-corrected chi connectivity index (χ0v) is 17.6. The molecule has 0 bridgehead atoms. The SMILES string of the molecule is COc1cc2ccccc2cc1C1(O)CO[C@H](CON(C)C)C1OC(C)(C)C. The zero-order valence-electron chi connectivity index (χ0n) is 17.6. The molecule has 0 saturated carbocycles. The standard InChI is InChI=1S/C22H31NO5/c1-21(2,3)28-20-19(13-27-23(4)5)26-14-22(20,24)17-11-15-9-7-8-10-16(15)12-18(17)25-6/h7-12,19-20,24H,13-14H2,1-6H3/t19-,20?,22?/m1/s1. The molecule has 2 unspecified atom stereocenters. The van der Waals surface area contributed by atoms with Gasteiger partial charge >= 0.3 is 0 Å². The van der Waals surface area contributed by atoms with E-state index in [2.05, 4.69) is 0 Å².